The van der Waals surface area contributed by atoms with Crippen molar-refractivity contribution < 1.29 is 8.78 Å². The minimum Gasteiger partial charge on any atom is -0.316 e. The summed E-state index contributed by atoms with van der Waals surface area (Å²) in [5.41, 5.74) is 0.0158. The first kappa shape index (κ1) is 11.7. The standard InChI is InChI=1S/C12H12F2N2O/c1-5(2)7-4-8-9(13)6(3)10(14)15-11(8)16-12(7)17/h4-5H,1-3H3,(H,15,16,17). The van der Waals surface area contributed by atoms with Crippen molar-refractivity contribution in [2.45, 2.75) is 26.7 Å². The van der Waals surface area contributed by atoms with Crippen LogP contribution in [0, 0.1) is 18.7 Å². The molecule has 1 N–H and O–H groups in total. The molecule has 2 aliphatic heterocycles. The molecular weight excluding hydrogens is 226 g/mol. The topological polar surface area (TPSA) is 45.8 Å². The molecule has 5 heteroatoms. The highest BCUT2D eigenvalue weighted by Crippen LogP contribution is 2.26. The number of nitrogens with zero attached hydrogens (tertiary/aromatic N) is 1. The summed E-state index contributed by atoms with van der Waals surface area (Å²) in [4.78, 5) is 17.6. The molecule has 0 aromatic carbocycles. The second-order valence-electron chi connectivity index (χ2n) is 4.31. The first-order chi connectivity index (χ1) is 7.91. The minimum absolute atomic E-state index is 0.0517. The molecule has 0 fully saturated rings. The number of H-pyrrole nitrogens is 1. The molecule has 0 saturated carbocycles. The van der Waals surface area contributed by atoms with Crippen LogP contribution in [-0.2, 0) is 0 Å². The van der Waals surface area contributed by atoms with Crippen LogP contribution in [0.25, 0.3) is 11.4 Å². The van der Waals surface area contributed by atoms with E-state index in [1.807, 2.05) is 13.8 Å². The fraction of sp³-hybridized carbons (Fsp3) is 0.333. The van der Waals surface area contributed by atoms with Gasteiger partial charge >= 0.3 is 0 Å². The van der Waals surface area contributed by atoms with E-state index in [2.05, 4.69) is 9.97 Å². The Bertz CT molecular complexity index is 605. The molecular formula is C12H12F2N2O. The maximum Gasteiger partial charge on any atom is 0.275 e. The Morgan fingerprint density at radius 1 is 1.35 bits per heavy atom. The van der Waals surface area contributed by atoms with Crippen molar-refractivity contribution >= 4 is 0 Å². The molecule has 3 nitrogen and oxygen atoms in total. The van der Waals surface area contributed by atoms with Crippen molar-refractivity contribution in [3.05, 3.63) is 39.3 Å². The van der Waals surface area contributed by atoms with Crippen molar-refractivity contribution in [2.24, 2.45) is 0 Å². The third-order valence-electron chi connectivity index (χ3n) is 2.76. The van der Waals surface area contributed by atoms with Gasteiger partial charge in [0.25, 0.3) is 5.56 Å². The quantitative estimate of drug-likeness (QED) is 0.776. The third kappa shape index (κ3) is 1.81. The van der Waals surface area contributed by atoms with E-state index in [0.717, 1.165) is 0 Å². The lowest BCUT2D eigenvalue weighted by molar-refractivity contribution is 0.536. The summed E-state index contributed by atoms with van der Waals surface area (Å²) in [7, 11) is 0. The lowest BCUT2D eigenvalue weighted by atomic mass is 10.0. The van der Waals surface area contributed by atoms with Gasteiger partial charge in [-0.1, -0.05) is 13.8 Å². The van der Waals surface area contributed by atoms with E-state index < -0.39 is 17.3 Å². The van der Waals surface area contributed by atoms with Crippen molar-refractivity contribution in [2.75, 3.05) is 0 Å². The summed E-state index contributed by atoms with van der Waals surface area (Å²) < 4.78 is 27.1. The van der Waals surface area contributed by atoms with Gasteiger partial charge in [0, 0.05) is 11.1 Å². The van der Waals surface area contributed by atoms with Gasteiger partial charge in [-0.25, -0.2) is 4.39 Å². The number of fused-ring (bicyclic) bond motifs is 1. The molecule has 2 heterocycles. The number of nitrogens with one attached hydrogen (secondary N) is 1. The van der Waals surface area contributed by atoms with E-state index >= 15 is 0 Å². The van der Waals surface area contributed by atoms with Crippen LogP contribution in [0.5, 0.6) is 0 Å². The van der Waals surface area contributed by atoms with Crippen LogP contribution in [0.1, 0.15) is 30.9 Å². The van der Waals surface area contributed by atoms with Crippen LogP contribution in [0.3, 0.4) is 0 Å². The number of rotatable bonds is 1. The van der Waals surface area contributed by atoms with E-state index in [-0.39, 0.29) is 22.9 Å². The number of aromatic nitrogens is 2. The lowest BCUT2D eigenvalue weighted by Crippen LogP contribution is -2.17. The van der Waals surface area contributed by atoms with Crippen molar-refractivity contribution in [1.29, 1.82) is 0 Å². The molecule has 0 radical (unpaired) electrons. The van der Waals surface area contributed by atoms with Gasteiger partial charge in [-0.3, -0.25) is 4.79 Å². The molecule has 2 aliphatic rings. The first-order valence-electron chi connectivity index (χ1n) is 5.30. The van der Waals surface area contributed by atoms with E-state index in [1.165, 1.54) is 13.0 Å². The Morgan fingerprint density at radius 2 is 2.00 bits per heavy atom. The van der Waals surface area contributed by atoms with E-state index in [0.29, 0.717) is 5.56 Å². The minimum atomic E-state index is -0.806. The zero-order valence-corrected chi connectivity index (χ0v) is 9.77. The summed E-state index contributed by atoms with van der Waals surface area (Å²) in [6.45, 7) is 4.98. The number of hydrogen-bond acceptors (Lipinski definition) is 2. The highest BCUT2D eigenvalue weighted by molar-refractivity contribution is 5.59. The molecule has 0 amide bonds. The average Bonchev–Trinajstić information content (AvgIpc) is 2.25. The monoisotopic (exact) mass is 238 g/mol. The van der Waals surface area contributed by atoms with Gasteiger partial charge in [0.05, 0.1) is 5.56 Å². The van der Waals surface area contributed by atoms with Crippen LogP contribution in [0.15, 0.2) is 10.9 Å². The Kier molecular flexibility index (Phi) is 2.69. The number of hydrogen-bond donors (Lipinski definition) is 1. The van der Waals surface area contributed by atoms with E-state index in [4.69, 9.17) is 0 Å². The van der Waals surface area contributed by atoms with Crippen LogP contribution in [-0.4, -0.2) is 9.97 Å². The predicted octanol–water partition coefficient (Wildman–Crippen LogP) is 2.58. The molecule has 0 aromatic heterocycles. The largest absolute Gasteiger partial charge is 0.316 e. The molecule has 0 aliphatic carbocycles. The van der Waals surface area contributed by atoms with E-state index in [1.54, 1.807) is 0 Å². The number of pyridine rings is 2. The molecule has 0 bridgehead atoms. The fourth-order valence-corrected chi connectivity index (χ4v) is 1.68. The van der Waals surface area contributed by atoms with Gasteiger partial charge < -0.3 is 4.98 Å². The maximum atomic E-state index is 13.8. The van der Waals surface area contributed by atoms with Crippen LogP contribution < -0.4 is 5.56 Å². The van der Waals surface area contributed by atoms with Gasteiger partial charge in [0.15, 0.2) is 5.95 Å². The van der Waals surface area contributed by atoms with Crippen LogP contribution >= 0.6 is 0 Å². The Hall–Kier alpha value is -1.78. The second-order valence-corrected chi connectivity index (χ2v) is 4.31. The van der Waals surface area contributed by atoms with Gasteiger partial charge in [0.2, 0.25) is 0 Å². The summed E-state index contributed by atoms with van der Waals surface area (Å²) in [5.74, 6) is -1.59. The van der Waals surface area contributed by atoms with Crippen molar-refractivity contribution in [1.82, 2.24) is 9.97 Å². The molecule has 2 rings (SSSR count). The highest BCUT2D eigenvalue weighted by atomic mass is 19.1. The third-order valence-corrected chi connectivity index (χ3v) is 2.76. The summed E-state index contributed by atoms with van der Waals surface area (Å²) in [6, 6.07) is 1.44. The molecule has 17 heavy (non-hydrogen) atoms. The van der Waals surface area contributed by atoms with Crippen LogP contribution in [0.4, 0.5) is 8.78 Å². The average molecular weight is 238 g/mol. The Labute approximate surface area is 96.9 Å². The van der Waals surface area contributed by atoms with Gasteiger partial charge in [-0.15, -0.1) is 0 Å². The number of aromatic amines is 1. The van der Waals surface area contributed by atoms with Gasteiger partial charge in [-0.2, -0.15) is 9.37 Å². The van der Waals surface area contributed by atoms with Crippen LogP contribution in [0.2, 0.25) is 0 Å². The lowest BCUT2D eigenvalue weighted by Gasteiger charge is -2.12. The molecule has 0 spiro atoms. The predicted molar refractivity (Wildman–Crippen MR) is 60.2 cm³/mol. The molecule has 0 atom stereocenters. The molecule has 0 unspecified atom stereocenters. The van der Waals surface area contributed by atoms with Crippen molar-refractivity contribution in [3.63, 3.8) is 0 Å². The summed E-state index contributed by atoms with van der Waals surface area (Å²) in [5, 5.41) is 0. The fourth-order valence-electron chi connectivity index (χ4n) is 1.68. The summed E-state index contributed by atoms with van der Waals surface area (Å²) >= 11 is 0. The van der Waals surface area contributed by atoms with Gasteiger partial charge in [-0.05, 0) is 18.9 Å². The maximum absolute atomic E-state index is 13.8. The zero-order chi connectivity index (χ0) is 12.7. The first-order valence-corrected chi connectivity index (χ1v) is 5.30. The number of halogens is 2. The highest BCUT2D eigenvalue weighted by Gasteiger charge is 2.19. The Morgan fingerprint density at radius 3 is 2.59 bits per heavy atom. The molecule has 0 aromatic rings. The summed E-state index contributed by atoms with van der Waals surface area (Å²) in [6.07, 6.45) is 0. The SMILES string of the molecule is Cc1c(F)[nH]c2nc(=O)c(C(C)C)cc-2c1F. The van der Waals surface area contributed by atoms with E-state index in [9.17, 15) is 13.6 Å². The van der Waals surface area contributed by atoms with Crippen molar-refractivity contribution in [3.8, 4) is 11.4 Å². The second kappa shape index (κ2) is 3.91. The Balaban J connectivity index is 2.86. The molecule has 90 valence electrons. The normalized spacial score (nSPS) is 11.4. The molecule has 0 saturated heterocycles. The zero-order valence-electron chi connectivity index (χ0n) is 9.77. The smallest absolute Gasteiger partial charge is 0.275 e. The van der Waals surface area contributed by atoms with Gasteiger partial charge in [0.1, 0.15) is 11.6 Å².